The number of carbonyl (C=O) groups excluding carboxylic acids is 1. The predicted molar refractivity (Wildman–Crippen MR) is 181 cm³/mol. The van der Waals surface area contributed by atoms with Crippen LogP contribution < -0.4 is 29.1 Å². The third-order valence-electron chi connectivity index (χ3n) is 7.92. The molecule has 0 unspecified atom stereocenters. The first-order valence-electron chi connectivity index (χ1n) is 14.3. The summed E-state index contributed by atoms with van der Waals surface area (Å²) in [5.41, 5.74) is 3.43. The second-order valence-electron chi connectivity index (χ2n) is 10.6. The number of allylic oxidation sites excluding steroid dienone is 2. The number of rotatable bonds is 8. The molecule has 0 radical (unpaired) electrons. The lowest BCUT2D eigenvalue weighted by molar-refractivity contribution is -0.114. The van der Waals surface area contributed by atoms with Gasteiger partial charge < -0.3 is 14.2 Å². The lowest BCUT2D eigenvalue weighted by Crippen LogP contribution is -2.39. The minimum absolute atomic E-state index is 0.170. The number of Topliss-reactive ketones (excluding diaryl/α,β-unsaturated/α-hetero) is 1. The van der Waals surface area contributed by atoms with Crippen molar-refractivity contribution in [2.24, 2.45) is 4.99 Å². The maximum Gasteiger partial charge on any atom is 0.271 e. The van der Waals surface area contributed by atoms with Crippen LogP contribution in [0.3, 0.4) is 0 Å². The van der Waals surface area contributed by atoms with Crippen LogP contribution in [0, 0.1) is 11.3 Å². The van der Waals surface area contributed by atoms with Crippen LogP contribution in [0.15, 0.2) is 98.3 Å². The van der Waals surface area contributed by atoms with Gasteiger partial charge >= 0.3 is 0 Å². The van der Waals surface area contributed by atoms with E-state index < -0.39 is 6.04 Å². The van der Waals surface area contributed by atoms with Crippen LogP contribution in [0.5, 0.6) is 17.2 Å². The first kappa shape index (κ1) is 31.0. The van der Waals surface area contributed by atoms with Gasteiger partial charge in [-0.1, -0.05) is 75.8 Å². The standard InChI is InChI=1S/C36H28BrN3O5S/c1-20-32(21(2)41)34(33-26-12-8-7-9-22(26)13-14-28(33)43-3)40-35(42)31(46-36(40)39-20)16-25-15-29(44-4)30(17-27(25)37)45-19-24-11-6-5-10-23(24)18-38/h5-17,34H,19H2,1-4H3/b31-16+/t34-/m0/s1. The molecule has 8 nitrogen and oxygen atoms in total. The summed E-state index contributed by atoms with van der Waals surface area (Å²) in [6, 6.07) is 23.9. The molecular weight excluding hydrogens is 666 g/mol. The van der Waals surface area contributed by atoms with E-state index in [9.17, 15) is 14.9 Å². The number of methoxy groups -OCH3 is 2. The highest BCUT2D eigenvalue weighted by Crippen LogP contribution is 2.40. The van der Waals surface area contributed by atoms with E-state index in [1.54, 1.807) is 56.1 Å². The number of benzene rings is 4. The molecule has 46 heavy (non-hydrogen) atoms. The van der Waals surface area contributed by atoms with Crippen LogP contribution in [0.1, 0.15) is 42.1 Å². The number of thiazole rings is 1. The lowest BCUT2D eigenvalue weighted by atomic mass is 9.89. The topological polar surface area (TPSA) is 103 Å². The number of fused-ring (bicyclic) bond motifs is 2. The third kappa shape index (κ3) is 5.53. The van der Waals surface area contributed by atoms with Crippen molar-refractivity contribution in [3.05, 3.63) is 130 Å². The molecule has 0 aliphatic carbocycles. The Morgan fingerprint density at radius 1 is 1.04 bits per heavy atom. The van der Waals surface area contributed by atoms with Crippen molar-refractivity contribution >= 4 is 49.9 Å². The minimum atomic E-state index is -0.734. The summed E-state index contributed by atoms with van der Waals surface area (Å²) >= 11 is 4.88. The Kier molecular flexibility index (Phi) is 8.63. The van der Waals surface area contributed by atoms with Crippen LogP contribution in [0.2, 0.25) is 0 Å². The van der Waals surface area contributed by atoms with Crippen molar-refractivity contribution in [3.8, 4) is 23.3 Å². The van der Waals surface area contributed by atoms with Gasteiger partial charge in [0.05, 0.1) is 36.4 Å². The summed E-state index contributed by atoms with van der Waals surface area (Å²) in [6.07, 6.45) is 1.77. The number of hydrogen-bond donors (Lipinski definition) is 0. The number of hydrogen-bond acceptors (Lipinski definition) is 8. The number of carbonyl (C=O) groups is 1. The smallest absolute Gasteiger partial charge is 0.271 e. The highest BCUT2D eigenvalue weighted by Gasteiger charge is 2.34. The third-order valence-corrected chi connectivity index (χ3v) is 9.59. The summed E-state index contributed by atoms with van der Waals surface area (Å²) in [5.74, 6) is 1.35. The van der Waals surface area contributed by atoms with E-state index in [1.807, 2.05) is 48.5 Å². The largest absolute Gasteiger partial charge is 0.496 e. The zero-order chi connectivity index (χ0) is 32.5. The molecule has 0 fully saturated rings. The molecule has 0 bridgehead atoms. The van der Waals surface area contributed by atoms with Gasteiger partial charge in [-0.05, 0) is 60.5 Å². The van der Waals surface area contributed by atoms with Crippen molar-refractivity contribution in [2.45, 2.75) is 26.5 Å². The summed E-state index contributed by atoms with van der Waals surface area (Å²) in [6.45, 7) is 3.48. The van der Waals surface area contributed by atoms with Gasteiger partial charge in [-0.25, -0.2) is 4.99 Å². The maximum atomic E-state index is 14.3. The van der Waals surface area contributed by atoms with Gasteiger partial charge in [0.25, 0.3) is 5.56 Å². The highest BCUT2D eigenvalue weighted by atomic mass is 79.9. The molecule has 4 aromatic carbocycles. The van der Waals surface area contributed by atoms with Gasteiger partial charge in [0.1, 0.15) is 12.4 Å². The summed E-state index contributed by atoms with van der Waals surface area (Å²) in [7, 11) is 3.13. The van der Waals surface area contributed by atoms with Gasteiger partial charge in [0, 0.05) is 26.9 Å². The first-order valence-corrected chi connectivity index (χ1v) is 15.9. The van der Waals surface area contributed by atoms with E-state index >= 15 is 0 Å². The molecule has 0 N–H and O–H groups in total. The molecular formula is C36H28BrN3O5S. The quantitative estimate of drug-likeness (QED) is 0.192. The Morgan fingerprint density at radius 2 is 1.78 bits per heavy atom. The SMILES string of the molecule is COc1cc(/C=c2/sc3n(c2=O)[C@H](c2c(OC)ccc4ccccc24)C(C(C)=O)=C(C)N=3)c(Br)cc1OCc1ccccc1C#N. The number of ketones is 1. The number of nitrogens with zero attached hydrogens (tertiary/aromatic N) is 3. The van der Waals surface area contributed by atoms with E-state index in [-0.39, 0.29) is 17.9 Å². The van der Waals surface area contributed by atoms with E-state index in [4.69, 9.17) is 19.2 Å². The Bertz CT molecular complexity index is 2300. The average molecular weight is 695 g/mol. The van der Waals surface area contributed by atoms with Gasteiger partial charge in [-0.15, -0.1) is 0 Å². The molecule has 1 aliphatic rings. The maximum absolute atomic E-state index is 14.3. The summed E-state index contributed by atoms with van der Waals surface area (Å²) in [5, 5.41) is 11.3. The van der Waals surface area contributed by atoms with E-state index in [2.05, 4.69) is 22.0 Å². The fourth-order valence-electron chi connectivity index (χ4n) is 5.77. The predicted octanol–water partition coefficient (Wildman–Crippen LogP) is 6.21. The van der Waals surface area contributed by atoms with Crippen LogP contribution in [0.4, 0.5) is 0 Å². The first-order chi connectivity index (χ1) is 22.2. The average Bonchev–Trinajstić information content (AvgIpc) is 3.37. The molecule has 1 aromatic heterocycles. The molecule has 0 spiro atoms. The Balaban J connectivity index is 1.48. The molecule has 6 rings (SSSR count). The summed E-state index contributed by atoms with van der Waals surface area (Å²) in [4.78, 5) is 32.6. The van der Waals surface area contributed by atoms with Crippen LogP contribution in [0.25, 0.3) is 16.8 Å². The van der Waals surface area contributed by atoms with Crippen molar-refractivity contribution in [3.63, 3.8) is 0 Å². The van der Waals surface area contributed by atoms with Gasteiger partial charge in [-0.2, -0.15) is 5.26 Å². The van der Waals surface area contributed by atoms with Gasteiger partial charge in [-0.3, -0.25) is 14.2 Å². The van der Waals surface area contributed by atoms with E-state index in [0.29, 0.717) is 53.5 Å². The Labute approximate surface area is 277 Å². The van der Waals surface area contributed by atoms with Crippen molar-refractivity contribution in [2.75, 3.05) is 14.2 Å². The van der Waals surface area contributed by atoms with Crippen molar-refractivity contribution in [1.82, 2.24) is 4.57 Å². The monoisotopic (exact) mass is 693 g/mol. The number of aromatic nitrogens is 1. The molecule has 0 amide bonds. The minimum Gasteiger partial charge on any atom is -0.496 e. The van der Waals surface area contributed by atoms with Crippen LogP contribution >= 0.6 is 27.3 Å². The molecule has 0 saturated heterocycles. The zero-order valence-electron chi connectivity index (χ0n) is 25.5. The van der Waals surface area contributed by atoms with Crippen LogP contribution in [-0.2, 0) is 11.4 Å². The molecule has 2 heterocycles. The second kappa shape index (κ2) is 12.8. The summed E-state index contributed by atoms with van der Waals surface area (Å²) < 4.78 is 20.2. The number of nitriles is 1. The number of halogens is 1. The zero-order valence-corrected chi connectivity index (χ0v) is 27.9. The molecule has 1 aliphatic heterocycles. The van der Waals surface area contributed by atoms with Crippen LogP contribution in [-0.4, -0.2) is 24.6 Å². The van der Waals surface area contributed by atoms with Crippen molar-refractivity contribution < 1.29 is 19.0 Å². The highest BCUT2D eigenvalue weighted by molar-refractivity contribution is 9.10. The normalized spacial score (nSPS) is 14.4. The van der Waals surface area contributed by atoms with Gasteiger partial charge in [0.2, 0.25) is 0 Å². The van der Waals surface area contributed by atoms with E-state index in [0.717, 1.165) is 21.9 Å². The molecule has 0 saturated carbocycles. The Morgan fingerprint density at radius 3 is 2.52 bits per heavy atom. The molecule has 230 valence electrons. The second-order valence-corrected chi connectivity index (χ2v) is 12.5. The van der Waals surface area contributed by atoms with Crippen molar-refractivity contribution in [1.29, 1.82) is 5.26 Å². The van der Waals surface area contributed by atoms with Gasteiger partial charge in [0.15, 0.2) is 22.1 Å². The molecule has 1 atom stereocenters. The molecule has 10 heteroatoms. The Hall–Kier alpha value is -4.98. The lowest BCUT2D eigenvalue weighted by Gasteiger charge is -2.27. The fraction of sp³-hybridized carbons (Fsp3) is 0.167. The van der Waals surface area contributed by atoms with E-state index in [1.165, 1.54) is 18.3 Å². The number of ether oxygens (including phenoxy) is 3. The fourth-order valence-corrected chi connectivity index (χ4v) is 7.24. The molecule has 5 aromatic rings.